The number of ether oxygens (including phenoxy) is 6. The van der Waals surface area contributed by atoms with E-state index in [0.29, 0.717) is 38.5 Å². The lowest BCUT2D eigenvalue weighted by Crippen LogP contribution is -2.49. The van der Waals surface area contributed by atoms with Gasteiger partial charge in [0.15, 0.2) is 0 Å². The maximum atomic E-state index is 12.2. The minimum atomic E-state index is -3.54. The van der Waals surface area contributed by atoms with Gasteiger partial charge in [-0.15, -0.1) is 0 Å². The van der Waals surface area contributed by atoms with Crippen LogP contribution in [0.25, 0.3) is 0 Å². The summed E-state index contributed by atoms with van der Waals surface area (Å²) in [4.78, 5) is 71.7. The molecule has 24 nitrogen and oxygen atoms in total. The molecule has 9 aliphatic rings. The second kappa shape index (κ2) is 24.3. The molecule has 3 N–H and O–H groups in total. The van der Waals surface area contributed by atoms with Crippen LogP contribution in [0.4, 0.5) is 0 Å². The number of hydrogen-bond donors (Lipinski definition) is 3. The van der Waals surface area contributed by atoms with Crippen LogP contribution in [-0.2, 0) is 100 Å². The van der Waals surface area contributed by atoms with Crippen molar-refractivity contribution in [1.29, 1.82) is 0 Å². The molecule has 0 aromatic heterocycles. The number of amides is 3. The molecular formula is C55H89N3O21S3. The molecule has 15 atom stereocenters. The van der Waals surface area contributed by atoms with Crippen molar-refractivity contribution < 1.29 is 95.0 Å². The number of rotatable bonds is 24. The van der Waals surface area contributed by atoms with Crippen molar-refractivity contribution in [3.63, 3.8) is 0 Å². The molecule has 82 heavy (non-hydrogen) atoms. The number of fused-ring (bicyclic) bond motifs is 3. The third-order valence-electron chi connectivity index (χ3n) is 19.9. The topological polar surface area (TPSA) is 324 Å². The predicted octanol–water partition coefficient (Wildman–Crippen LogP) is 3.23. The highest BCUT2D eigenvalue weighted by atomic mass is 32.2. The van der Waals surface area contributed by atoms with E-state index < -0.39 is 97.8 Å². The van der Waals surface area contributed by atoms with Crippen molar-refractivity contribution in [2.45, 2.75) is 193 Å². The van der Waals surface area contributed by atoms with Crippen molar-refractivity contribution in [1.82, 2.24) is 16.0 Å². The molecule has 27 heteroatoms. The Morgan fingerprint density at radius 2 is 1.00 bits per heavy atom. The van der Waals surface area contributed by atoms with Crippen LogP contribution in [0.1, 0.15) is 141 Å². The van der Waals surface area contributed by atoms with Crippen LogP contribution in [0.3, 0.4) is 0 Å². The first-order valence-corrected chi connectivity index (χ1v) is 33.3. The molecule has 0 radical (unpaired) electrons. The number of esters is 3. The fourth-order valence-corrected chi connectivity index (χ4v) is 19.6. The maximum Gasteiger partial charge on any atom is 0.311 e. The van der Waals surface area contributed by atoms with Crippen molar-refractivity contribution >= 4 is 66.0 Å². The Kier molecular flexibility index (Phi) is 19.5. The molecule has 6 saturated carbocycles. The van der Waals surface area contributed by atoms with Crippen LogP contribution >= 0.6 is 0 Å². The van der Waals surface area contributed by atoms with Gasteiger partial charge in [0.25, 0.3) is 30.4 Å². The number of hydrogen-bond acceptors (Lipinski definition) is 21. The first-order valence-electron chi connectivity index (χ1n) is 28.9. The van der Waals surface area contributed by atoms with Gasteiger partial charge in [-0.2, -0.15) is 25.3 Å². The molecule has 6 aliphatic carbocycles. The van der Waals surface area contributed by atoms with Gasteiger partial charge in [0.05, 0.1) is 69.4 Å². The van der Waals surface area contributed by atoms with Gasteiger partial charge in [-0.1, -0.05) is 41.5 Å². The Morgan fingerprint density at radius 1 is 0.549 bits per heavy atom. The van der Waals surface area contributed by atoms with Crippen molar-refractivity contribution in [2.24, 2.45) is 56.7 Å². The average Bonchev–Trinajstić information content (AvgIpc) is 4.47. The molecule has 15 unspecified atom stereocenters. The van der Waals surface area contributed by atoms with E-state index >= 15 is 0 Å². The zero-order chi connectivity index (χ0) is 61.0. The third-order valence-corrected chi connectivity index (χ3v) is 25.3. The lowest BCUT2D eigenvalue weighted by atomic mass is 9.81. The molecule has 6 bridgehead atoms. The SMILES string of the molecule is CCC(C)(C)C(=O)OCCNC(=O)COC1(C)C2CC3C1OS(=O)(=O)C3C2.CCC(C)(C)C(=O)OCCNC(=O)COC1C2CC3C(C)(C2)C1OS3(=O)=O.CCC(C)(C)C(=O)OCCNC(=O)COC1C2OS(=O)(=O)C3CC1C(C)(C)C23. The highest BCUT2D eigenvalue weighted by Crippen LogP contribution is 2.65. The normalized spacial score (nSPS) is 35.5. The zero-order valence-corrected chi connectivity index (χ0v) is 52.3. The Labute approximate surface area is 484 Å². The van der Waals surface area contributed by atoms with Gasteiger partial charge in [-0.05, 0) is 123 Å². The molecule has 3 amide bonds. The van der Waals surface area contributed by atoms with E-state index in [1.54, 1.807) is 0 Å². The van der Waals surface area contributed by atoms with Gasteiger partial charge < -0.3 is 44.4 Å². The summed E-state index contributed by atoms with van der Waals surface area (Å²) in [5, 5.41) is 6.64. The monoisotopic (exact) mass is 1220 g/mol. The predicted molar refractivity (Wildman–Crippen MR) is 293 cm³/mol. The summed E-state index contributed by atoms with van der Waals surface area (Å²) in [7, 11) is -10.6. The van der Waals surface area contributed by atoms with Gasteiger partial charge in [-0.3, -0.25) is 41.3 Å². The summed E-state index contributed by atoms with van der Waals surface area (Å²) in [5.41, 5.74) is -2.99. The van der Waals surface area contributed by atoms with Crippen molar-refractivity contribution in [3.05, 3.63) is 0 Å². The molecule has 0 aromatic rings. The largest absolute Gasteiger partial charge is 0.463 e. The van der Waals surface area contributed by atoms with Crippen molar-refractivity contribution in [2.75, 3.05) is 59.3 Å². The van der Waals surface area contributed by atoms with E-state index in [9.17, 15) is 54.0 Å². The van der Waals surface area contributed by atoms with E-state index in [-0.39, 0.29) is 136 Å². The molecule has 9 rings (SSSR count). The van der Waals surface area contributed by atoms with Crippen molar-refractivity contribution in [3.8, 4) is 0 Å². The molecule has 3 heterocycles. The molecule has 9 fully saturated rings. The molecule has 0 spiro atoms. The first-order chi connectivity index (χ1) is 37.9. The smallest absolute Gasteiger partial charge is 0.311 e. The zero-order valence-electron chi connectivity index (χ0n) is 49.8. The molecule has 3 saturated heterocycles. The number of nitrogens with one attached hydrogen (secondary N) is 3. The Morgan fingerprint density at radius 3 is 1.49 bits per heavy atom. The summed E-state index contributed by atoms with van der Waals surface area (Å²) in [6, 6.07) is 0. The van der Waals surface area contributed by atoms with E-state index in [4.69, 9.17) is 41.0 Å². The van der Waals surface area contributed by atoms with Crippen LogP contribution in [0.5, 0.6) is 0 Å². The van der Waals surface area contributed by atoms with E-state index in [1.165, 1.54) is 0 Å². The summed E-state index contributed by atoms with van der Waals surface area (Å²) in [6.07, 6.45) is 2.82. The highest BCUT2D eigenvalue weighted by Gasteiger charge is 2.74. The van der Waals surface area contributed by atoms with Gasteiger partial charge in [0, 0.05) is 17.3 Å². The summed E-state index contributed by atoms with van der Waals surface area (Å²) in [5.74, 6) is -1.75. The standard InChI is InChI=1S/C19H31NO7S.2C18H29NO7S/c1-6-18(2,3)17(22)25-8-7-20-13(21)10-26-15-11-9-12-14(19(11,4)5)16(15)27-28(12,23)24;1-5-17(2,3)16(21)24-7-6-19-13(20)10-25-14-11-8-12-18(4,9-11)15(14)26-27(12,22)23;1-5-17(2,3)16(21)24-7-6-19-14(20)10-25-18(4)11-8-12-13(9-11)27(22,23)26-15(12)18/h11-12,14-16H,6-10H2,1-5H3,(H,20,21);11-12,14-15H,5-10H2,1-4H3,(H,19,20);11-13,15H,5-10H2,1-4H3,(H,19,20). The molecule has 3 aliphatic heterocycles. The highest BCUT2D eigenvalue weighted by molar-refractivity contribution is 7.88. The second-order valence-electron chi connectivity index (χ2n) is 26.6. The lowest BCUT2D eigenvalue weighted by molar-refractivity contribution is -0.155. The fourth-order valence-electron chi connectivity index (χ4n) is 13.6. The van der Waals surface area contributed by atoms with E-state index in [1.807, 2.05) is 76.2 Å². The summed E-state index contributed by atoms with van der Waals surface area (Å²) < 4.78 is 121. The Bertz CT molecular complexity index is 2770. The summed E-state index contributed by atoms with van der Waals surface area (Å²) in [6.45, 7) is 24.9. The van der Waals surface area contributed by atoms with Gasteiger partial charge in [0.2, 0.25) is 17.7 Å². The van der Waals surface area contributed by atoms with Gasteiger partial charge in [0.1, 0.15) is 58.0 Å². The van der Waals surface area contributed by atoms with Crippen LogP contribution in [0.2, 0.25) is 0 Å². The lowest BCUT2D eigenvalue weighted by Gasteiger charge is -2.36. The molecule has 0 aromatic carbocycles. The third kappa shape index (κ3) is 13.1. The summed E-state index contributed by atoms with van der Waals surface area (Å²) >= 11 is 0. The second-order valence-corrected chi connectivity index (χ2v) is 31.9. The Hall–Kier alpha value is -3.57. The van der Waals surface area contributed by atoms with Crippen LogP contribution in [-0.4, -0.2) is 172 Å². The van der Waals surface area contributed by atoms with E-state index in [0.717, 1.165) is 12.8 Å². The average molecular weight is 1220 g/mol. The number of carbonyl (C=O) groups is 6. The molecular weight excluding hydrogens is 1130 g/mol. The van der Waals surface area contributed by atoms with Gasteiger partial charge >= 0.3 is 17.9 Å². The number of carbonyl (C=O) groups excluding carboxylic acids is 6. The Balaban J connectivity index is 0.000000177. The van der Waals surface area contributed by atoms with Gasteiger partial charge in [-0.25, -0.2) is 0 Å². The molecule has 468 valence electrons. The van der Waals surface area contributed by atoms with E-state index in [2.05, 4.69) is 29.8 Å². The minimum absolute atomic E-state index is 0.0330. The van der Waals surface area contributed by atoms with Crippen LogP contribution in [0.15, 0.2) is 0 Å². The van der Waals surface area contributed by atoms with Crippen LogP contribution < -0.4 is 16.0 Å². The quantitative estimate of drug-likeness (QED) is 0.0540. The van der Waals surface area contributed by atoms with Crippen LogP contribution in [0, 0.1) is 56.7 Å². The fraction of sp³-hybridized carbons (Fsp3) is 0.891. The minimum Gasteiger partial charge on any atom is -0.463 e. The maximum absolute atomic E-state index is 12.2. The first kappa shape index (κ1) is 66.0.